The second-order valence-electron chi connectivity index (χ2n) is 7.57. The zero-order valence-corrected chi connectivity index (χ0v) is 19.2. The van der Waals surface area contributed by atoms with Gasteiger partial charge in [-0.3, -0.25) is 0 Å². The zero-order valence-electron chi connectivity index (χ0n) is 19.2. The molecule has 0 atom stereocenters. The highest BCUT2D eigenvalue weighted by molar-refractivity contribution is 5.56. The standard InChI is InChI=1S/C26H38N2O3/c1-3-5-7-9-17-29-18-11-12-20-31-25-21-27-26(28-22-25)23-13-15-24(16-14-23)30-19-10-8-6-4-2/h8,10,13-16,21-22H,3-7,9,11-12,17-20H2,1-2H3/b10-8+. The fourth-order valence-electron chi connectivity index (χ4n) is 2.97. The van der Waals surface area contributed by atoms with Gasteiger partial charge in [-0.25, -0.2) is 9.97 Å². The topological polar surface area (TPSA) is 53.5 Å². The summed E-state index contributed by atoms with van der Waals surface area (Å²) in [6.07, 6.45) is 16.9. The van der Waals surface area contributed by atoms with Crippen molar-refractivity contribution in [2.75, 3.05) is 26.4 Å². The van der Waals surface area contributed by atoms with Gasteiger partial charge in [0.25, 0.3) is 0 Å². The van der Waals surface area contributed by atoms with Crippen molar-refractivity contribution in [3.05, 3.63) is 48.8 Å². The lowest BCUT2D eigenvalue weighted by Crippen LogP contribution is -2.02. The Hall–Kier alpha value is -2.40. The maximum Gasteiger partial charge on any atom is 0.159 e. The van der Waals surface area contributed by atoms with Crippen molar-refractivity contribution in [3.63, 3.8) is 0 Å². The van der Waals surface area contributed by atoms with Gasteiger partial charge in [0.05, 0.1) is 19.0 Å². The summed E-state index contributed by atoms with van der Waals surface area (Å²) >= 11 is 0. The molecule has 0 aliphatic carbocycles. The molecule has 5 nitrogen and oxygen atoms in total. The summed E-state index contributed by atoms with van der Waals surface area (Å²) < 4.78 is 17.1. The van der Waals surface area contributed by atoms with E-state index >= 15 is 0 Å². The highest BCUT2D eigenvalue weighted by atomic mass is 16.5. The molecule has 5 heteroatoms. The third kappa shape index (κ3) is 11.0. The van der Waals surface area contributed by atoms with Crippen LogP contribution >= 0.6 is 0 Å². The van der Waals surface area contributed by atoms with Gasteiger partial charge in [-0.2, -0.15) is 0 Å². The van der Waals surface area contributed by atoms with Crippen LogP contribution in [0, 0.1) is 0 Å². The lowest BCUT2D eigenvalue weighted by atomic mass is 10.2. The molecular weight excluding hydrogens is 388 g/mol. The normalized spacial score (nSPS) is 11.2. The minimum absolute atomic E-state index is 0.590. The number of nitrogens with zero attached hydrogens (tertiary/aromatic N) is 2. The summed E-state index contributed by atoms with van der Waals surface area (Å²) in [5.41, 5.74) is 0.955. The fraction of sp³-hybridized carbons (Fsp3) is 0.538. The van der Waals surface area contributed by atoms with E-state index in [1.807, 2.05) is 24.3 Å². The van der Waals surface area contributed by atoms with E-state index in [0.717, 1.165) is 50.2 Å². The highest BCUT2D eigenvalue weighted by Gasteiger charge is 2.03. The van der Waals surface area contributed by atoms with Crippen LogP contribution < -0.4 is 9.47 Å². The Morgan fingerprint density at radius 1 is 0.710 bits per heavy atom. The van der Waals surface area contributed by atoms with E-state index in [2.05, 4.69) is 36.0 Å². The minimum Gasteiger partial charge on any atom is -0.490 e. The zero-order chi connectivity index (χ0) is 22.0. The van der Waals surface area contributed by atoms with E-state index in [4.69, 9.17) is 14.2 Å². The Kier molecular flexibility index (Phi) is 13.1. The maximum atomic E-state index is 5.74. The molecular formula is C26H38N2O3. The van der Waals surface area contributed by atoms with E-state index < -0.39 is 0 Å². The van der Waals surface area contributed by atoms with Gasteiger partial charge < -0.3 is 14.2 Å². The van der Waals surface area contributed by atoms with Gasteiger partial charge in [-0.05, 0) is 49.9 Å². The molecule has 0 spiro atoms. The molecule has 31 heavy (non-hydrogen) atoms. The first kappa shape index (κ1) is 24.9. The van der Waals surface area contributed by atoms with Crippen LogP contribution in [-0.2, 0) is 4.74 Å². The largest absolute Gasteiger partial charge is 0.490 e. The van der Waals surface area contributed by atoms with Gasteiger partial charge in [0.2, 0.25) is 0 Å². The molecule has 2 aromatic rings. The van der Waals surface area contributed by atoms with Crippen LogP contribution in [0.2, 0.25) is 0 Å². The predicted octanol–water partition coefficient (Wildman–Crippen LogP) is 6.63. The van der Waals surface area contributed by atoms with Gasteiger partial charge in [-0.1, -0.05) is 51.7 Å². The van der Waals surface area contributed by atoms with Crippen LogP contribution in [0.5, 0.6) is 11.5 Å². The third-order valence-electron chi connectivity index (χ3n) is 4.80. The Labute approximate surface area is 187 Å². The first-order chi connectivity index (χ1) is 15.3. The predicted molar refractivity (Wildman–Crippen MR) is 127 cm³/mol. The molecule has 0 fully saturated rings. The van der Waals surface area contributed by atoms with Crippen molar-refractivity contribution in [2.45, 2.75) is 65.2 Å². The molecule has 0 unspecified atom stereocenters. The van der Waals surface area contributed by atoms with Crippen molar-refractivity contribution >= 4 is 0 Å². The van der Waals surface area contributed by atoms with Crippen LogP contribution in [0.4, 0.5) is 0 Å². The number of hydrogen-bond acceptors (Lipinski definition) is 5. The van der Waals surface area contributed by atoms with Crippen LogP contribution in [0.25, 0.3) is 11.4 Å². The SMILES string of the molecule is CCC/C=C/COc1ccc(-c2ncc(OCCCCOCCCCCC)cn2)cc1. The van der Waals surface area contributed by atoms with Crippen molar-refractivity contribution < 1.29 is 14.2 Å². The first-order valence-electron chi connectivity index (χ1n) is 11.7. The van der Waals surface area contributed by atoms with Crippen LogP contribution in [0.3, 0.4) is 0 Å². The van der Waals surface area contributed by atoms with Gasteiger partial charge in [0.1, 0.15) is 12.4 Å². The van der Waals surface area contributed by atoms with E-state index in [0.29, 0.717) is 24.8 Å². The smallest absolute Gasteiger partial charge is 0.159 e. The molecule has 0 amide bonds. The van der Waals surface area contributed by atoms with Crippen LogP contribution in [-0.4, -0.2) is 36.4 Å². The minimum atomic E-state index is 0.590. The molecule has 1 heterocycles. The second-order valence-corrected chi connectivity index (χ2v) is 7.57. The molecule has 0 N–H and O–H groups in total. The van der Waals surface area contributed by atoms with Gasteiger partial charge in [0, 0.05) is 18.8 Å². The van der Waals surface area contributed by atoms with Gasteiger partial charge >= 0.3 is 0 Å². The lowest BCUT2D eigenvalue weighted by molar-refractivity contribution is 0.122. The van der Waals surface area contributed by atoms with Crippen molar-refractivity contribution in [3.8, 4) is 22.9 Å². The van der Waals surface area contributed by atoms with E-state index in [9.17, 15) is 0 Å². The second kappa shape index (κ2) is 16.3. The third-order valence-corrected chi connectivity index (χ3v) is 4.80. The Morgan fingerprint density at radius 3 is 2.13 bits per heavy atom. The molecule has 1 aromatic carbocycles. The molecule has 1 aromatic heterocycles. The molecule has 0 aliphatic heterocycles. The molecule has 0 saturated heterocycles. The monoisotopic (exact) mass is 426 g/mol. The highest BCUT2D eigenvalue weighted by Crippen LogP contribution is 2.20. The summed E-state index contributed by atoms with van der Waals surface area (Å²) in [4.78, 5) is 8.85. The number of allylic oxidation sites excluding steroid dienone is 1. The van der Waals surface area contributed by atoms with Crippen molar-refractivity contribution in [2.24, 2.45) is 0 Å². The summed E-state index contributed by atoms with van der Waals surface area (Å²) in [7, 11) is 0. The van der Waals surface area contributed by atoms with Crippen LogP contribution in [0.15, 0.2) is 48.8 Å². The summed E-state index contributed by atoms with van der Waals surface area (Å²) in [5, 5.41) is 0. The average molecular weight is 427 g/mol. The van der Waals surface area contributed by atoms with Crippen molar-refractivity contribution in [1.29, 1.82) is 0 Å². The van der Waals surface area contributed by atoms with Crippen molar-refractivity contribution in [1.82, 2.24) is 9.97 Å². The van der Waals surface area contributed by atoms with Gasteiger partial charge in [-0.15, -0.1) is 0 Å². The molecule has 170 valence electrons. The number of rotatable bonds is 17. The Balaban J connectivity index is 1.63. The lowest BCUT2D eigenvalue weighted by Gasteiger charge is -2.07. The fourth-order valence-corrected chi connectivity index (χ4v) is 2.97. The molecule has 0 bridgehead atoms. The van der Waals surface area contributed by atoms with E-state index in [-0.39, 0.29) is 0 Å². The van der Waals surface area contributed by atoms with Crippen LogP contribution in [0.1, 0.15) is 65.2 Å². The summed E-state index contributed by atoms with van der Waals surface area (Å²) in [6.45, 7) is 7.31. The quantitative estimate of drug-likeness (QED) is 0.210. The summed E-state index contributed by atoms with van der Waals surface area (Å²) in [5.74, 6) is 2.22. The Morgan fingerprint density at radius 2 is 1.42 bits per heavy atom. The number of unbranched alkanes of at least 4 members (excludes halogenated alkanes) is 5. The molecule has 0 saturated carbocycles. The molecule has 0 radical (unpaired) electrons. The first-order valence-corrected chi connectivity index (χ1v) is 11.7. The van der Waals surface area contributed by atoms with E-state index in [1.165, 1.54) is 25.7 Å². The summed E-state index contributed by atoms with van der Waals surface area (Å²) in [6, 6.07) is 7.84. The molecule has 2 rings (SSSR count). The Bertz CT molecular complexity index is 714. The molecule has 0 aliphatic rings. The van der Waals surface area contributed by atoms with E-state index in [1.54, 1.807) is 12.4 Å². The average Bonchev–Trinajstić information content (AvgIpc) is 2.81. The number of hydrogen-bond donors (Lipinski definition) is 0. The number of aromatic nitrogens is 2. The van der Waals surface area contributed by atoms with Gasteiger partial charge in [0.15, 0.2) is 11.6 Å². The maximum absolute atomic E-state index is 5.74. The number of ether oxygens (including phenoxy) is 3. The number of benzene rings is 1.